The van der Waals surface area contributed by atoms with Crippen LogP contribution in [0.25, 0.3) is 5.65 Å². The van der Waals surface area contributed by atoms with Crippen LogP contribution in [0.15, 0.2) is 60.8 Å². The Hall–Kier alpha value is -4.08. The van der Waals surface area contributed by atoms with Gasteiger partial charge in [0.2, 0.25) is 0 Å². The van der Waals surface area contributed by atoms with Gasteiger partial charge in [0.15, 0.2) is 5.65 Å². The number of aryl methyl sites for hydroxylation is 2. The van der Waals surface area contributed by atoms with Crippen molar-refractivity contribution in [2.24, 2.45) is 0 Å². The van der Waals surface area contributed by atoms with E-state index in [4.69, 9.17) is 0 Å². The molecule has 2 aromatic carbocycles. The molecule has 1 aliphatic heterocycles. The molecular formula is C29H30F3N5O2. The standard InChI is InChI=1S/C29H30F3N5O2/c1-3-25-26(27-34-19(2)12-17-37(27)35-25)28(38)33-18-20-4-8-23(9-5-20)36-15-13-22(14-16-36)21-6-10-24(11-7-21)39-29(30,31)32/h4-12,17,22H,3,13-16,18H2,1-2H3,(H,33,38). The number of piperidine rings is 1. The number of hydrogen-bond acceptors (Lipinski definition) is 5. The average molecular weight is 538 g/mol. The minimum atomic E-state index is -4.68. The van der Waals surface area contributed by atoms with Gasteiger partial charge in [-0.3, -0.25) is 4.79 Å². The molecule has 0 bridgehead atoms. The first-order valence-electron chi connectivity index (χ1n) is 13.0. The maximum atomic E-state index is 13.1. The Balaban J connectivity index is 1.16. The van der Waals surface area contributed by atoms with E-state index >= 15 is 0 Å². The van der Waals surface area contributed by atoms with E-state index in [1.54, 1.807) is 16.6 Å². The second-order valence-corrected chi connectivity index (χ2v) is 9.74. The smallest absolute Gasteiger partial charge is 0.406 e. The van der Waals surface area contributed by atoms with Crippen LogP contribution in [0.4, 0.5) is 18.9 Å². The van der Waals surface area contributed by atoms with Crippen LogP contribution in [0.2, 0.25) is 0 Å². The Bertz CT molecular complexity index is 1440. The number of fused-ring (bicyclic) bond motifs is 1. The third kappa shape index (κ3) is 6.16. The number of rotatable bonds is 7. The molecule has 1 aliphatic rings. The normalized spacial score (nSPS) is 14.5. The first-order valence-corrected chi connectivity index (χ1v) is 13.0. The minimum absolute atomic E-state index is 0.191. The zero-order valence-electron chi connectivity index (χ0n) is 21.8. The fourth-order valence-corrected chi connectivity index (χ4v) is 5.05. The number of nitrogens with one attached hydrogen (secondary N) is 1. The van der Waals surface area contributed by atoms with Gasteiger partial charge in [0.25, 0.3) is 5.91 Å². The van der Waals surface area contributed by atoms with Gasteiger partial charge < -0.3 is 15.0 Å². The zero-order chi connectivity index (χ0) is 27.6. The summed E-state index contributed by atoms with van der Waals surface area (Å²) in [6.45, 7) is 5.95. The Morgan fingerprint density at radius 1 is 1.05 bits per heavy atom. The first kappa shape index (κ1) is 26.5. The first-order chi connectivity index (χ1) is 18.7. The molecule has 39 heavy (non-hydrogen) atoms. The lowest BCUT2D eigenvalue weighted by Gasteiger charge is -2.34. The molecule has 2 aromatic heterocycles. The topological polar surface area (TPSA) is 71.8 Å². The van der Waals surface area contributed by atoms with Crippen LogP contribution in [0, 0.1) is 6.92 Å². The van der Waals surface area contributed by atoms with Crippen LogP contribution in [0.5, 0.6) is 5.75 Å². The number of alkyl halides is 3. The quantitative estimate of drug-likeness (QED) is 0.322. The molecule has 1 fully saturated rings. The largest absolute Gasteiger partial charge is 0.573 e. The number of aromatic nitrogens is 3. The molecule has 0 aliphatic carbocycles. The number of ether oxygens (including phenoxy) is 1. The van der Waals surface area contributed by atoms with Crippen LogP contribution in [0.3, 0.4) is 0 Å². The van der Waals surface area contributed by atoms with Crippen molar-refractivity contribution in [2.75, 3.05) is 18.0 Å². The van der Waals surface area contributed by atoms with E-state index in [-0.39, 0.29) is 11.7 Å². The molecular weight excluding hydrogens is 507 g/mol. The van der Waals surface area contributed by atoms with Gasteiger partial charge in [-0.1, -0.05) is 31.2 Å². The molecule has 204 valence electrons. The third-order valence-electron chi connectivity index (χ3n) is 7.09. The molecule has 1 saturated heterocycles. The molecule has 0 unspecified atom stereocenters. The maximum Gasteiger partial charge on any atom is 0.573 e. The summed E-state index contributed by atoms with van der Waals surface area (Å²) in [7, 11) is 0. The molecule has 4 aromatic rings. The third-order valence-corrected chi connectivity index (χ3v) is 7.09. The summed E-state index contributed by atoms with van der Waals surface area (Å²) >= 11 is 0. The van der Waals surface area contributed by atoms with Gasteiger partial charge in [-0.25, -0.2) is 9.50 Å². The highest BCUT2D eigenvalue weighted by molar-refractivity contribution is 6.01. The highest BCUT2D eigenvalue weighted by Gasteiger charge is 2.31. The summed E-state index contributed by atoms with van der Waals surface area (Å²) in [5.41, 5.74) is 5.74. The number of carbonyl (C=O) groups excluding carboxylic acids is 1. The van der Waals surface area contributed by atoms with Gasteiger partial charge in [0, 0.05) is 37.2 Å². The zero-order valence-corrected chi connectivity index (χ0v) is 21.8. The Morgan fingerprint density at radius 2 is 1.74 bits per heavy atom. The van der Waals surface area contributed by atoms with Crippen molar-refractivity contribution in [2.45, 2.75) is 51.9 Å². The fraction of sp³-hybridized carbons (Fsp3) is 0.345. The lowest BCUT2D eigenvalue weighted by atomic mass is 9.89. The monoisotopic (exact) mass is 537 g/mol. The second-order valence-electron chi connectivity index (χ2n) is 9.74. The number of amides is 1. The predicted octanol–water partition coefficient (Wildman–Crippen LogP) is 5.81. The summed E-state index contributed by atoms with van der Waals surface area (Å²) in [5, 5.41) is 7.50. The Kier molecular flexibility index (Phi) is 7.45. The molecule has 1 amide bonds. The van der Waals surface area contributed by atoms with Crippen molar-refractivity contribution in [3.8, 4) is 5.75 Å². The highest BCUT2D eigenvalue weighted by Crippen LogP contribution is 2.32. The number of halogens is 3. The SMILES string of the molecule is CCc1nn2ccc(C)nc2c1C(=O)NCc1ccc(N2CCC(c3ccc(OC(F)(F)F)cc3)CC2)cc1. The van der Waals surface area contributed by atoms with Gasteiger partial charge in [-0.05, 0) is 73.6 Å². The molecule has 5 rings (SSSR count). The summed E-state index contributed by atoms with van der Waals surface area (Å²) < 4.78 is 42.8. The van der Waals surface area contributed by atoms with Crippen molar-refractivity contribution >= 4 is 17.2 Å². The molecule has 0 saturated carbocycles. The highest BCUT2D eigenvalue weighted by atomic mass is 19.4. The molecule has 7 nitrogen and oxygen atoms in total. The number of anilines is 1. The van der Waals surface area contributed by atoms with E-state index in [1.807, 2.05) is 38.2 Å². The fourth-order valence-electron chi connectivity index (χ4n) is 5.05. The Labute approximate surface area is 224 Å². The molecule has 0 radical (unpaired) electrons. The number of benzene rings is 2. The lowest BCUT2D eigenvalue weighted by molar-refractivity contribution is -0.274. The van der Waals surface area contributed by atoms with Gasteiger partial charge in [-0.2, -0.15) is 5.10 Å². The van der Waals surface area contributed by atoms with Gasteiger partial charge in [0.05, 0.1) is 5.69 Å². The lowest BCUT2D eigenvalue weighted by Crippen LogP contribution is -2.32. The predicted molar refractivity (Wildman–Crippen MR) is 142 cm³/mol. The van der Waals surface area contributed by atoms with Crippen LogP contribution < -0.4 is 15.0 Å². The minimum Gasteiger partial charge on any atom is -0.406 e. The second kappa shape index (κ2) is 11.0. The van der Waals surface area contributed by atoms with Gasteiger partial charge in [-0.15, -0.1) is 13.2 Å². The van der Waals surface area contributed by atoms with Crippen molar-refractivity contribution in [1.29, 1.82) is 0 Å². The van der Waals surface area contributed by atoms with Crippen molar-refractivity contribution in [3.63, 3.8) is 0 Å². The Morgan fingerprint density at radius 3 is 2.38 bits per heavy atom. The van der Waals surface area contributed by atoms with E-state index in [1.165, 1.54) is 12.1 Å². The van der Waals surface area contributed by atoms with E-state index in [2.05, 4.69) is 37.2 Å². The number of carbonyl (C=O) groups is 1. The van der Waals surface area contributed by atoms with Crippen molar-refractivity contribution < 1.29 is 22.7 Å². The van der Waals surface area contributed by atoms with E-state index in [9.17, 15) is 18.0 Å². The summed E-state index contributed by atoms with van der Waals surface area (Å²) in [6.07, 6.45) is -0.417. The van der Waals surface area contributed by atoms with Gasteiger partial charge >= 0.3 is 6.36 Å². The molecule has 3 heterocycles. The van der Waals surface area contributed by atoms with E-state index in [0.29, 0.717) is 30.1 Å². The molecule has 0 atom stereocenters. The summed E-state index contributed by atoms with van der Waals surface area (Å²) in [5.74, 6) is -0.0952. The number of hydrogen-bond donors (Lipinski definition) is 1. The van der Waals surface area contributed by atoms with E-state index < -0.39 is 6.36 Å². The number of nitrogens with zero attached hydrogens (tertiary/aromatic N) is 4. The molecule has 0 spiro atoms. The van der Waals surface area contributed by atoms with Gasteiger partial charge in [0.1, 0.15) is 11.3 Å². The van der Waals surface area contributed by atoms with Crippen molar-refractivity contribution in [3.05, 3.63) is 88.9 Å². The average Bonchev–Trinajstić information content (AvgIpc) is 3.29. The van der Waals surface area contributed by atoms with Crippen LogP contribution in [-0.2, 0) is 13.0 Å². The maximum absolute atomic E-state index is 13.1. The summed E-state index contributed by atoms with van der Waals surface area (Å²) in [4.78, 5) is 19.9. The van der Waals surface area contributed by atoms with Crippen LogP contribution >= 0.6 is 0 Å². The van der Waals surface area contributed by atoms with E-state index in [0.717, 1.165) is 54.1 Å². The van der Waals surface area contributed by atoms with Crippen LogP contribution in [0.1, 0.15) is 58.6 Å². The van der Waals surface area contributed by atoms with Crippen molar-refractivity contribution in [1.82, 2.24) is 19.9 Å². The summed E-state index contributed by atoms with van der Waals surface area (Å²) in [6, 6.07) is 16.2. The molecule has 10 heteroatoms. The molecule has 1 N–H and O–H groups in total. The van der Waals surface area contributed by atoms with Crippen LogP contribution in [-0.4, -0.2) is 40.0 Å².